The molecule has 1 atom stereocenters. The molecule has 1 rings (SSSR count). The zero-order valence-corrected chi connectivity index (χ0v) is 17.1. The Bertz CT molecular complexity index is 617. The predicted octanol–water partition coefficient (Wildman–Crippen LogP) is 5.26. The van der Waals surface area contributed by atoms with Crippen LogP contribution in [-0.2, 0) is 4.74 Å². The first-order valence-electron chi connectivity index (χ1n) is 9.19. The van der Waals surface area contributed by atoms with E-state index in [1.807, 2.05) is 77.1 Å². The Hall–Kier alpha value is -2.07. The highest BCUT2D eigenvalue weighted by molar-refractivity contribution is 5.70. The topological polar surface area (TPSA) is 49.8 Å². The van der Waals surface area contributed by atoms with Crippen molar-refractivity contribution >= 4 is 6.09 Å². The molecule has 144 valence electrons. The van der Waals surface area contributed by atoms with Gasteiger partial charge in [-0.1, -0.05) is 36.4 Å². The molecule has 1 aromatic rings. The van der Waals surface area contributed by atoms with Gasteiger partial charge in [0.15, 0.2) is 0 Å². The van der Waals surface area contributed by atoms with Gasteiger partial charge in [0.2, 0.25) is 0 Å². The van der Waals surface area contributed by atoms with Crippen molar-refractivity contribution in [2.75, 3.05) is 0 Å². The average Bonchev–Trinajstić information content (AvgIpc) is 2.51. The van der Waals surface area contributed by atoms with Crippen LogP contribution in [0.2, 0.25) is 0 Å². The van der Waals surface area contributed by atoms with Crippen LogP contribution in [0, 0.1) is 0 Å². The maximum Gasteiger partial charge on any atom is 0.415 e. The summed E-state index contributed by atoms with van der Waals surface area (Å²) in [5.41, 5.74) is -0.0428. The summed E-state index contributed by atoms with van der Waals surface area (Å²) in [4.78, 5) is 14.3. The maximum absolute atomic E-state index is 12.6. The molecule has 26 heavy (non-hydrogen) atoms. The Kier molecular flexibility index (Phi) is 8.09. The summed E-state index contributed by atoms with van der Waals surface area (Å²) in [5.74, 6) is 0.119. The van der Waals surface area contributed by atoms with Crippen molar-refractivity contribution < 1.29 is 14.6 Å². The van der Waals surface area contributed by atoms with Gasteiger partial charge in [0, 0.05) is 18.0 Å². The molecule has 0 heterocycles. The zero-order chi connectivity index (χ0) is 19.9. The summed E-state index contributed by atoms with van der Waals surface area (Å²) in [6, 6.07) is 9.79. The molecule has 1 N–H and O–H groups in total. The quantitative estimate of drug-likeness (QED) is 0.534. The molecule has 0 radical (unpaired) electrons. The fourth-order valence-electron chi connectivity index (χ4n) is 2.99. The highest BCUT2D eigenvalue weighted by Crippen LogP contribution is 2.31. The third-order valence-electron chi connectivity index (χ3n) is 4.11. The van der Waals surface area contributed by atoms with Crippen molar-refractivity contribution in [1.82, 2.24) is 4.90 Å². The minimum absolute atomic E-state index is 0.0357. The van der Waals surface area contributed by atoms with Crippen LogP contribution in [-0.4, -0.2) is 33.8 Å². The second-order valence-corrected chi connectivity index (χ2v) is 7.57. The smallest absolute Gasteiger partial charge is 0.411 e. The van der Waals surface area contributed by atoms with Gasteiger partial charge >= 0.3 is 6.09 Å². The number of rotatable bonds is 7. The van der Waals surface area contributed by atoms with Gasteiger partial charge in [0.05, 0.1) is 5.60 Å². The Labute approximate surface area is 158 Å². The SMILES string of the molecule is C/C=C/C(=C/[C@H](c1ccccc1)C(C)(C)O)OC(=O)N(C(C)C)C(C)C. The zero-order valence-electron chi connectivity index (χ0n) is 17.1. The first kappa shape index (κ1) is 22.0. The lowest BCUT2D eigenvalue weighted by Crippen LogP contribution is -2.42. The molecule has 0 aliphatic heterocycles. The average molecular weight is 360 g/mol. The predicted molar refractivity (Wildman–Crippen MR) is 107 cm³/mol. The van der Waals surface area contributed by atoms with Crippen molar-refractivity contribution in [2.24, 2.45) is 0 Å². The van der Waals surface area contributed by atoms with Crippen LogP contribution in [0.25, 0.3) is 0 Å². The number of carbonyl (C=O) groups is 1. The molecule has 0 aliphatic carbocycles. The van der Waals surface area contributed by atoms with Crippen molar-refractivity contribution in [3.63, 3.8) is 0 Å². The van der Waals surface area contributed by atoms with Crippen LogP contribution < -0.4 is 0 Å². The van der Waals surface area contributed by atoms with E-state index >= 15 is 0 Å². The van der Waals surface area contributed by atoms with Gasteiger partial charge in [-0.3, -0.25) is 0 Å². The van der Waals surface area contributed by atoms with Crippen LogP contribution in [0.4, 0.5) is 4.79 Å². The Morgan fingerprint density at radius 3 is 2.08 bits per heavy atom. The lowest BCUT2D eigenvalue weighted by atomic mass is 9.84. The van der Waals surface area contributed by atoms with Crippen LogP contribution in [0.1, 0.15) is 59.9 Å². The molecule has 0 aromatic heterocycles. The van der Waals surface area contributed by atoms with Crippen LogP contribution in [0.3, 0.4) is 0 Å². The molecule has 1 aromatic carbocycles. The molecule has 4 nitrogen and oxygen atoms in total. The maximum atomic E-state index is 12.6. The third-order valence-corrected chi connectivity index (χ3v) is 4.11. The first-order valence-corrected chi connectivity index (χ1v) is 9.19. The normalized spacial score (nSPS) is 14.2. The molecule has 4 heteroatoms. The van der Waals surface area contributed by atoms with Crippen LogP contribution in [0.15, 0.2) is 54.3 Å². The van der Waals surface area contributed by atoms with Crippen LogP contribution in [0.5, 0.6) is 0 Å². The number of hydrogen-bond acceptors (Lipinski definition) is 3. The van der Waals surface area contributed by atoms with Gasteiger partial charge in [0.25, 0.3) is 0 Å². The van der Waals surface area contributed by atoms with Gasteiger partial charge in [-0.15, -0.1) is 0 Å². The molecule has 0 saturated heterocycles. The second kappa shape index (κ2) is 9.58. The number of benzene rings is 1. The summed E-state index contributed by atoms with van der Waals surface area (Å²) < 4.78 is 5.67. The summed E-state index contributed by atoms with van der Waals surface area (Å²) >= 11 is 0. The number of allylic oxidation sites excluding steroid dienone is 2. The molecule has 0 unspecified atom stereocenters. The Balaban J connectivity index is 3.22. The lowest BCUT2D eigenvalue weighted by molar-refractivity contribution is 0.0627. The van der Waals surface area contributed by atoms with Gasteiger partial charge in [-0.2, -0.15) is 0 Å². The number of hydrogen-bond donors (Lipinski definition) is 1. The van der Waals surface area contributed by atoms with Gasteiger partial charge in [-0.05, 0) is 66.2 Å². The van der Waals surface area contributed by atoms with E-state index in [9.17, 15) is 9.90 Å². The fraction of sp³-hybridized carbons (Fsp3) is 0.500. The van der Waals surface area contributed by atoms with E-state index in [-0.39, 0.29) is 24.1 Å². The highest BCUT2D eigenvalue weighted by Gasteiger charge is 2.28. The van der Waals surface area contributed by atoms with E-state index in [0.717, 1.165) is 5.56 Å². The van der Waals surface area contributed by atoms with Gasteiger partial charge < -0.3 is 14.7 Å². The standard InChI is InChI=1S/C22H33NO3/c1-8-12-19(26-21(24)23(16(2)3)17(4)5)15-20(22(6,7)25)18-13-10-9-11-14-18/h8-17,20,25H,1-7H3/b12-8+,19-15-/t20-/m1/s1. The molecule has 0 bridgehead atoms. The largest absolute Gasteiger partial charge is 0.415 e. The molecular weight excluding hydrogens is 326 g/mol. The molecule has 0 aliphatic rings. The van der Waals surface area contributed by atoms with Crippen molar-refractivity contribution in [2.45, 2.75) is 72.1 Å². The second-order valence-electron chi connectivity index (χ2n) is 7.57. The number of carbonyl (C=O) groups excluding carboxylic acids is 1. The van der Waals surface area contributed by atoms with Gasteiger partial charge in [0.1, 0.15) is 5.76 Å². The summed E-state index contributed by atoms with van der Waals surface area (Å²) in [6.07, 6.45) is 4.99. The van der Waals surface area contributed by atoms with Crippen molar-refractivity contribution in [3.05, 3.63) is 59.9 Å². The molecular formula is C22H33NO3. The van der Waals surface area contributed by atoms with Gasteiger partial charge in [-0.25, -0.2) is 4.79 Å². The minimum Gasteiger partial charge on any atom is -0.411 e. The van der Waals surface area contributed by atoms with Crippen molar-refractivity contribution in [3.8, 4) is 0 Å². The molecule has 0 saturated carbocycles. The van der Waals surface area contributed by atoms with E-state index in [1.54, 1.807) is 24.8 Å². The molecule has 0 spiro atoms. The summed E-state index contributed by atoms with van der Waals surface area (Å²) in [5, 5.41) is 10.6. The highest BCUT2D eigenvalue weighted by atomic mass is 16.6. The van der Waals surface area contributed by atoms with E-state index in [4.69, 9.17) is 4.74 Å². The summed E-state index contributed by atoms with van der Waals surface area (Å²) in [7, 11) is 0. The van der Waals surface area contributed by atoms with E-state index in [1.165, 1.54) is 0 Å². The number of aliphatic hydroxyl groups is 1. The number of amides is 1. The fourth-order valence-corrected chi connectivity index (χ4v) is 2.99. The molecule has 0 fully saturated rings. The van der Waals surface area contributed by atoms with E-state index in [0.29, 0.717) is 5.76 Å². The van der Waals surface area contributed by atoms with Crippen molar-refractivity contribution in [1.29, 1.82) is 0 Å². The lowest BCUT2D eigenvalue weighted by Gasteiger charge is -2.31. The minimum atomic E-state index is -1.00. The van der Waals surface area contributed by atoms with E-state index < -0.39 is 5.60 Å². The first-order chi connectivity index (χ1) is 12.1. The molecule has 1 amide bonds. The monoisotopic (exact) mass is 359 g/mol. The summed E-state index contributed by atoms with van der Waals surface area (Å²) in [6.45, 7) is 13.2. The Morgan fingerprint density at radius 1 is 1.12 bits per heavy atom. The van der Waals surface area contributed by atoms with E-state index in [2.05, 4.69) is 0 Å². The number of ether oxygens (including phenoxy) is 1. The van der Waals surface area contributed by atoms with Crippen LogP contribution >= 0.6 is 0 Å². The Morgan fingerprint density at radius 2 is 1.65 bits per heavy atom. The third kappa shape index (κ3) is 6.34. The number of nitrogens with zero attached hydrogens (tertiary/aromatic N) is 1.